The molecular formula is C26H26N2O2. The van der Waals surface area contributed by atoms with Gasteiger partial charge in [0, 0.05) is 47.7 Å². The number of aromatic nitrogens is 1. The van der Waals surface area contributed by atoms with Gasteiger partial charge in [-0.2, -0.15) is 0 Å². The Morgan fingerprint density at radius 3 is 2.43 bits per heavy atom. The first kappa shape index (κ1) is 19.8. The minimum atomic E-state index is -0.127. The molecule has 4 nitrogen and oxygen atoms in total. The molecule has 0 saturated heterocycles. The number of rotatable bonds is 6. The number of benzene rings is 3. The molecule has 1 unspecified atom stereocenters. The Labute approximate surface area is 177 Å². The first-order valence-electron chi connectivity index (χ1n) is 10.1. The standard InChI is InChI=1S/C26H26N2O2/c1-18-12-14-19(15-13-18)27-26(29)16-22(21-9-5-7-11-25(21)30-3)23-17-28(2)24-10-6-4-8-20(23)24/h4-15,17,22H,16H2,1-3H3,(H,27,29). The van der Waals surface area contributed by atoms with Gasteiger partial charge in [-0.05, 0) is 36.8 Å². The first-order valence-corrected chi connectivity index (χ1v) is 10.1. The van der Waals surface area contributed by atoms with Crippen molar-refractivity contribution in [1.29, 1.82) is 0 Å². The molecule has 3 aromatic carbocycles. The van der Waals surface area contributed by atoms with Crippen LogP contribution in [-0.2, 0) is 11.8 Å². The highest BCUT2D eigenvalue weighted by atomic mass is 16.5. The lowest BCUT2D eigenvalue weighted by Crippen LogP contribution is -2.17. The lowest BCUT2D eigenvalue weighted by atomic mass is 9.87. The topological polar surface area (TPSA) is 43.3 Å². The number of amides is 1. The predicted octanol–water partition coefficient (Wildman–Crippen LogP) is 5.66. The van der Waals surface area contributed by atoms with Crippen molar-refractivity contribution in [2.45, 2.75) is 19.3 Å². The molecule has 1 heterocycles. The van der Waals surface area contributed by atoms with E-state index in [-0.39, 0.29) is 11.8 Å². The van der Waals surface area contributed by atoms with Crippen molar-refractivity contribution in [1.82, 2.24) is 4.57 Å². The highest BCUT2D eigenvalue weighted by Crippen LogP contribution is 2.38. The van der Waals surface area contributed by atoms with Crippen LogP contribution in [0.5, 0.6) is 5.75 Å². The smallest absolute Gasteiger partial charge is 0.225 e. The molecule has 0 aliphatic carbocycles. The summed E-state index contributed by atoms with van der Waals surface area (Å²) in [6.07, 6.45) is 2.45. The number of para-hydroxylation sites is 2. The Hall–Kier alpha value is -3.53. The van der Waals surface area contributed by atoms with Crippen LogP contribution in [0.15, 0.2) is 79.0 Å². The molecule has 152 valence electrons. The van der Waals surface area contributed by atoms with Gasteiger partial charge in [0.1, 0.15) is 5.75 Å². The molecule has 0 saturated carbocycles. The van der Waals surface area contributed by atoms with Crippen LogP contribution < -0.4 is 10.1 Å². The van der Waals surface area contributed by atoms with Crippen LogP contribution in [0.25, 0.3) is 10.9 Å². The number of carbonyl (C=O) groups is 1. The van der Waals surface area contributed by atoms with Gasteiger partial charge in [0.25, 0.3) is 0 Å². The molecule has 1 amide bonds. The van der Waals surface area contributed by atoms with E-state index < -0.39 is 0 Å². The van der Waals surface area contributed by atoms with Crippen LogP contribution >= 0.6 is 0 Å². The first-order chi connectivity index (χ1) is 14.6. The van der Waals surface area contributed by atoms with Crippen LogP contribution in [0.4, 0.5) is 5.69 Å². The van der Waals surface area contributed by atoms with Crippen LogP contribution in [-0.4, -0.2) is 17.6 Å². The fourth-order valence-corrected chi connectivity index (χ4v) is 4.03. The van der Waals surface area contributed by atoms with E-state index in [4.69, 9.17) is 4.74 Å². The Morgan fingerprint density at radius 1 is 0.967 bits per heavy atom. The maximum Gasteiger partial charge on any atom is 0.225 e. The fourth-order valence-electron chi connectivity index (χ4n) is 4.03. The normalized spacial score (nSPS) is 12.0. The van der Waals surface area contributed by atoms with E-state index in [9.17, 15) is 4.79 Å². The second-order valence-electron chi connectivity index (χ2n) is 7.63. The summed E-state index contributed by atoms with van der Waals surface area (Å²) in [7, 11) is 3.71. The quantitative estimate of drug-likeness (QED) is 0.456. The number of aryl methyl sites for hydroxylation is 2. The van der Waals surface area contributed by atoms with Gasteiger partial charge < -0.3 is 14.6 Å². The van der Waals surface area contributed by atoms with E-state index in [1.165, 1.54) is 0 Å². The fraction of sp³-hybridized carbons (Fsp3) is 0.192. The summed E-state index contributed by atoms with van der Waals surface area (Å²) in [5.74, 6) is 0.638. The zero-order valence-electron chi connectivity index (χ0n) is 17.6. The van der Waals surface area contributed by atoms with Crippen molar-refractivity contribution in [3.8, 4) is 5.75 Å². The van der Waals surface area contributed by atoms with Gasteiger partial charge in [-0.15, -0.1) is 0 Å². The molecule has 4 aromatic rings. The molecule has 0 aliphatic heterocycles. The van der Waals surface area contributed by atoms with Crippen molar-refractivity contribution in [3.05, 3.63) is 95.7 Å². The second-order valence-corrected chi connectivity index (χ2v) is 7.63. The largest absolute Gasteiger partial charge is 0.496 e. The Kier molecular flexibility index (Phi) is 5.57. The second kappa shape index (κ2) is 8.46. The average molecular weight is 399 g/mol. The van der Waals surface area contributed by atoms with E-state index in [1.807, 2.05) is 74.6 Å². The number of carbonyl (C=O) groups excluding carboxylic acids is 1. The molecule has 30 heavy (non-hydrogen) atoms. The molecule has 0 bridgehead atoms. The summed E-state index contributed by atoms with van der Waals surface area (Å²) >= 11 is 0. The van der Waals surface area contributed by atoms with Crippen LogP contribution in [0, 0.1) is 6.92 Å². The lowest BCUT2D eigenvalue weighted by Gasteiger charge is -2.20. The van der Waals surface area contributed by atoms with E-state index in [1.54, 1.807) is 7.11 Å². The molecule has 0 radical (unpaired) electrons. The number of methoxy groups -OCH3 is 1. The Balaban J connectivity index is 1.74. The zero-order valence-corrected chi connectivity index (χ0v) is 17.6. The van der Waals surface area contributed by atoms with Gasteiger partial charge in [0.15, 0.2) is 0 Å². The van der Waals surface area contributed by atoms with Gasteiger partial charge in [-0.1, -0.05) is 54.1 Å². The van der Waals surface area contributed by atoms with Crippen molar-refractivity contribution >= 4 is 22.5 Å². The molecule has 4 rings (SSSR count). The number of anilines is 1. The SMILES string of the molecule is COc1ccccc1C(CC(=O)Nc1ccc(C)cc1)c1cn(C)c2ccccc12. The Morgan fingerprint density at radius 2 is 1.67 bits per heavy atom. The van der Waals surface area contributed by atoms with Gasteiger partial charge in [0.05, 0.1) is 7.11 Å². The summed E-state index contributed by atoms with van der Waals surface area (Å²) in [6.45, 7) is 2.03. The number of hydrogen-bond donors (Lipinski definition) is 1. The van der Waals surface area contributed by atoms with Crippen LogP contribution in [0.3, 0.4) is 0 Å². The molecule has 0 aliphatic rings. The van der Waals surface area contributed by atoms with Gasteiger partial charge in [0.2, 0.25) is 5.91 Å². The number of fused-ring (bicyclic) bond motifs is 1. The number of hydrogen-bond acceptors (Lipinski definition) is 2. The maximum atomic E-state index is 13.0. The minimum Gasteiger partial charge on any atom is -0.496 e. The molecular weight excluding hydrogens is 372 g/mol. The van der Waals surface area contributed by atoms with E-state index in [2.05, 4.69) is 28.2 Å². The highest BCUT2D eigenvalue weighted by molar-refractivity contribution is 5.93. The van der Waals surface area contributed by atoms with E-state index in [0.717, 1.165) is 39.0 Å². The summed E-state index contributed by atoms with van der Waals surface area (Å²) in [5, 5.41) is 4.20. The monoisotopic (exact) mass is 398 g/mol. The molecule has 0 spiro atoms. The third-order valence-corrected chi connectivity index (χ3v) is 5.54. The molecule has 1 N–H and O–H groups in total. The van der Waals surface area contributed by atoms with Crippen LogP contribution in [0.2, 0.25) is 0 Å². The predicted molar refractivity (Wildman–Crippen MR) is 122 cm³/mol. The summed E-state index contributed by atoms with van der Waals surface area (Å²) in [4.78, 5) is 13.0. The van der Waals surface area contributed by atoms with Crippen molar-refractivity contribution in [2.24, 2.45) is 7.05 Å². The van der Waals surface area contributed by atoms with Gasteiger partial charge in [-0.3, -0.25) is 4.79 Å². The van der Waals surface area contributed by atoms with Gasteiger partial charge >= 0.3 is 0 Å². The highest BCUT2D eigenvalue weighted by Gasteiger charge is 2.25. The molecule has 0 fully saturated rings. The molecule has 1 atom stereocenters. The van der Waals surface area contributed by atoms with E-state index in [0.29, 0.717) is 6.42 Å². The summed E-state index contributed by atoms with van der Waals surface area (Å²) in [5.41, 5.74) is 5.25. The third kappa shape index (κ3) is 3.94. The number of ether oxygens (including phenoxy) is 1. The summed E-state index contributed by atoms with van der Waals surface area (Å²) < 4.78 is 7.76. The third-order valence-electron chi connectivity index (χ3n) is 5.54. The van der Waals surface area contributed by atoms with Crippen molar-refractivity contribution in [2.75, 3.05) is 12.4 Å². The Bertz CT molecular complexity index is 1180. The molecule has 4 heteroatoms. The summed E-state index contributed by atoms with van der Waals surface area (Å²) in [6, 6.07) is 24.1. The zero-order chi connectivity index (χ0) is 21.1. The van der Waals surface area contributed by atoms with Gasteiger partial charge in [-0.25, -0.2) is 0 Å². The lowest BCUT2D eigenvalue weighted by molar-refractivity contribution is -0.116. The van der Waals surface area contributed by atoms with Crippen molar-refractivity contribution in [3.63, 3.8) is 0 Å². The maximum absolute atomic E-state index is 13.0. The number of nitrogens with one attached hydrogen (secondary N) is 1. The van der Waals surface area contributed by atoms with Crippen molar-refractivity contribution < 1.29 is 9.53 Å². The van der Waals surface area contributed by atoms with Crippen LogP contribution in [0.1, 0.15) is 29.0 Å². The van der Waals surface area contributed by atoms with E-state index >= 15 is 0 Å². The minimum absolute atomic E-state index is 0.0253. The number of nitrogens with zero attached hydrogens (tertiary/aromatic N) is 1. The molecule has 1 aromatic heterocycles. The average Bonchev–Trinajstić information content (AvgIpc) is 3.10.